The van der Waals surface area contributed by atoms with Gasteiger partial charge in [0.15, 0.2) is 23.0 Å². The van der Waals surface area contributed by atoms with Crippen LogP contribution in [-0.2, 0) is 11.2 Å². The van der Waals surface area contributed by atoms with E-state index in [0.29, 0.717) is 80.5 Å². The Labute approximate surface area is 258 Å². The monoisotopic (exact) mass is 619 g/mol. The third-order valence-electron chi connectivity index (χ3n) is 8.60. The van der Waals surface area contributed by atoms with E-state index < -0.39 is 23.7 Å². The van der Waals surface area contributed by atoms with Crippen LogP contribution in [0.3, 0.4) is 0 Å². The predicted molar refractivity (Wildman–Crippen MR) is 163 cm³/mol. The average molecular weight is 620 g/mol. The Kier molecular flexibility index (Phi) is 8.63. The molecule has 236 valence electrons. The molecule has 0 radical (unpaired) electrons. The zero-order chi connectivity index (χ0) is 31.7. The lowest BCUT2D eigenvalue weighted by Gasteiger charge is -2.38. The minimum atomic E-state index is -1.08. The molecule has 2 aromatic heterocycles. The number of carbonyl (C=O) groups is 2. The number of benzene rings is 2. The summed E-state index contributed by atoms with van der Waals surface area (Å²) in [5.41, 5.74) is 2.90. The van der Waals surface area contributed by atoms with Gasteiger partial charge in [0.2, 0.25) is 11.7 Å². The number of aromatic nitrogens is 3. The number of fused-ring (bicyclic) bond motifs is 1. The maximum absolute atomic E-state index is 14.9. The fraction of sp³-hybridized carbons (Fsp3) is 0.375. The normalized spacial score (nSPS) is 18.7. The number of methoxy groups -OCH3 is 1. The summed E-state index contributed by atoms with van der Waals surface area (Å²) in [6.07, 6.45) is 5.12. The first-order valence-electron chi connectivity index (χ1n) is 15.0. The number of nitrogens with zero attached hydrogens (tertiary/aromatic N) is 5. The molecular formula is C32H35F2N7O4. The molecular weight excluding hydrogens is 584 g/mol. The quantitative estimate of drug-likeness (QED) is 0.288. The van der Waals surface area contributed by atoms with Gasteiger partial charge in [0.05, 0.1) is 31.0 Å². The van der Waals surface area contributed by atoms with Gasteiger partial charge in [-0.05, 0) is 55.3 Å². The summed E-state index contributed by atoms with van der Waals surface area (Å²) >= 11 is 0. The first-order valence-corrected chi connectivity index (χ1v) is 15.0. The highest BCUT2D eigenvalue weighted by Gasteiger charge is 2.34. The van der Waals surface area contributed by atoms with Crippen LogP contribution in [0.15, 0.2) is 48.9 Å². The van der Waals surface area contributed by atoms with Gasteiger partial charge in [-0.3, -0.25) is 14.0 Å². The van der Waals surface area contributed by atoms with E-state index in [9.17, 15) is 23.5 Å². The number of anilines is 2. The zero-order valence-corrected chi connectivity index (χ0v) is 25.1. The molecule has 0 bridgehead atoms. The third kappa shape index (κ3) is 5.80. The van der Waals surface area contributed by atoms with Crippen molar-refractivity contribution in [2.45, 2.75) is 25.9 Å². The Morgan fingerprint density at radius 1 is 1.09 bits per heavy atom. The molecule has 2 fully saturated rings. The maximum Gasteiger partial charge on any atom is 0.254 e. The summed E-state index contributed by atoms with van der Waals surface area (Å²) < 4.78 is 35.8. The molecule has 11 nitrogen and oxygen atoms in total. The number of β-amino-alcohol motifs (C(OH)–C–C–N with tert-alkyl or cyclic N) is 1. The van der Waals surface area contributed by atoms with Crippen molar-refractivity contribution in [3.05, 3.63) is 71.7 Å². The van der Waals surface area contributed by atoms with E-state index in [-0.39, 0.29) is 23.1 Å². The van der Waals surface area contributed by atoms with Crippen LogP contribution >= 0.6 is 0 Å². The van der Waals surface area contributed by atoms with E-state index in [2.05, 4.69) is 20.6 Å². The number of hydrogen-bond donors (Lipinski definition) is 3. The Morgan fingerprint density at radius 2 is 1.87 bits per heavy atom. The minimum Gasteiger partial charge on any atom is -0.494 e. The number of aliphatic hydroxyl groups excluding tert-OH is 1. The second kappa shape index (κ2) is 12.8. The molecule has 45 heavy (non-hydrogen) atoms. The smallest absolute Gasteiger partial charge is 0.254 e. The molecule has 0 unspecified atom stereocenters. The van der Waals surface area contributed by atoms with Gasteiger partial charge in [0, 0.05) is 61.9 Å². The van der Waals surface area contributed by atoms with Gasteiger partial charge >= 0.3 is 0 Å². The molecule has 2 aromatic carbocycles. The van der Waals surface area contributed by atoms with E-state index in [1.165, 1.54) is 31.6 Å². The Bertz CT molecular complexity index is 1740. The molecule has 2 aliphatic rings. The van der Waals surface area contributed by atoms with Crippen LogP contribution in [-0.4, -0.2) is 93.6 Å². The standard InChI is InChI=1S/C32H35F2N7O4/c1-3-19-16-20(4-5-21(19)31(43)39-12-14-40(15-13-39)32(44)23-8-9-35-18-25(23)42)38-29-30-37-17-24(41(30)11-10-36-29)22-6-7-26(45-2)28(34)27(22)33/h4-7,10-11,16-17,23,25,35,42H,3,8-9,12-15,18H2,1-2H3,(H,36,38)/t23-,25+/m1/s1. The van der Waals surface area contributed by atoms with Crippen molar-refractivity contribution in [1.82, 2.24) is 29.5 Å². The van der Waals surface area contributed by atoms with Crippen LogP contribution in [0.1, 0.15) is 29.3 Å². The van der Waals surface area contributed by atoms with Crippen molar-refractivity contribution in [3.8, 4) is 17.0 Å². The second-order valence-corrected chi connectivity index (χ2v) is 11.2. The highest BCUT2D eigenvalue weighted by atomic mass is 19.2. The van der Waals surface area contributed by atoms with Gasteiger partial charge in [-0.15, -0.1) is 0 Å². The molecule has 4 aromatic rings. The number of hydrogen-bond acceptors (Lipinski definition) is 8. The van der Waals surface area contributed by atoms with E-state index in [1.807, 2.05) is 13.0 Å². The molecule has 0 saturated carbocycles. The summed E-state index contributed by atoms with van der Waals surface area (Å²) in [5.74, 6) is -2.45. The number of piperidine rings is 1. The van der Waals surface area contributed by atoms with Gasteiger partial charge in [-0.25, -0.2) is 14.4 Å². The topological polar surface area (TPSA) is 124 Å². The van der Waals surface area contributed by atoms with Crippen molar-refractivity contribution >= 4 is 29.0 Å². The van der Waals surface area contributed by atoms with Crippen molar-refractivity contribution in [2.24, 2.45) is 5.92 Å². The number of aryl methyl sites for hydroxylation is 1. The summed E-state index contributed by atoms with van der Waals surface area (Å²) in [6, 6.07) is 8.26. The fourth-order valence-electron chi connectivity index (χ4n) is 6.07. The van der Waals surface area contributed by atoms with E-state index in [0.717, 1.165) is 5.56 Å². The summed E-state index contributed by atoms with van der Waals surface area (Å²) in [5, 5.41) is 16.6. The number of imidazole rings is 1. The van der Waals surface area contributed by atoms with Gasteiger partial charge < -0.3 is 30.3 Å². The number of piperazine rings is 1. The molecule has 4 heterocycles. The number of rotatable bonds is 7. The number of halogens is 2. The molecule has 2 amide bonds. The largest absolute Gasteiger partial charge is 0.494 e. The molecule has 2 aliphatic heterocycles. The molecule has 2 atom stereocenters. The van der Waals surface area contributed by atoms with E-state index >= 15 is 0 Å². The Hall–Kier alpha value is -4.62. The third-order valence-corrected chi connectivity index (χ3v) is 8.60. The second-order valence-electron chi connectivity index (χ2n) is 11.2. The van der Waals surface area contributed by atoms with Crippen molar-refractivity contribution in [1.29, 1.82) is 0 Å². The lowest BCUT2D eigenvalue weighted by molar-refractivity contribution is -0.141. The number of carbonyl (C=O) groups excluding carboxylic acids is 2. The van der Waals surface area contributed by atoms with Gasteiger partial charge in [-0.1, -0.05) is 6.92 Å². The maximum atomic E-state index is 14.9. The minimum absolute atomic E-state index is 0.0307. The van der Waals surface area contributed by atoms with Crippen molar-refractivity contribution in [3.63, 3.8) is 0 Å². The fourth-order valence-corrected chi connectivity index (χ4v) is 6.07. The van der Waals surface area contributed by atoms with Crippen molar-refractivity contribution in [2.75, 3.05) is 51.7 Å². The van der Waals surface area contributed by atoms with Gasteiger partial charge in [-0.2, -0.15) is 4.39 Å². The molecule has 6 rings (SSSR count). The van der Waals surface area contributed by atoms with E-state index in [4.69, 9.17) is 4.74 Å². The van der Waals surface area contributed by atoms with Crippen LogP contribution < -0.4 is 15.4 Å². The van der Waals surface area contributed by atoms with Crippen LogP contribution in [0.2, 0.25) is 0 Å². The number of aliphatic hydroxyl groups is 1. The Morgan fingerprint density at radius 3 is 2.60 bits per heavy atom. The number of ether oxygens (including phenoxy) is 1. The number of nitrogens with one attached hydrogen (secondary N) is 2. The predicted octanol–water partition coefficient (Wildman–Crippen LogP) is 3.24. The summed E-state index contributed by atoms with van der Waals surface area (Å²) in [7, 11) is 1.27. The van der Waals surface area contributed by atoms with Gasteiger partial charge in [0.1, 0.15) is 0 Å². The highest BCUT2D eigenvalue weighted by Crippen LogP contribution is 2.32. The van der Waals surface area contributed by atoms with Crippen molar-refractivity contribution < 1.29 is 28.2 Å². The SMILES string of the molecule is CCc1cc(Nc2nccn3c(-c4ccc(OC)c(F)c4F)cnc23)ccc1C(=O)N1CCN(C(=O)[C@@H]2CCNC[C@@H]2O)CC1. The van der Waals surface area contributed by atoms with Crippen LogP contribution in [0.5, 0.6) is 5.75 Å². The first kappa shape index (κ1) is 30.4. The summed E-state index contributed by atoms with van der Waals surface area (Å²) in [6.45, 7) is 4.78. The lowest BCUT2D eigenvalue weighted by Crippen LogP contribution is -2.55. The highest BCUT2D eigenvalue weighted by molar-refractivity contribution is 5.96. The van der Waals surface area contributed by atoms with E-state index in [1.54, 1.807) is 32.5 Å². The average Bonchev–Trinajstić information content (AvgIpc) is 3.50. The lowest BCUT2D eigenvalue weighted by atomic mass is 9.93. The Balaban J connectivity index is 1.17. The van der Waals surface area contributed by atoms with Gasteiger partial charge in [0.25, 0.3) is 5.91 Å². The number of amides is 2. The van der Waals surface area contributed by atoms with Crippen LogP contribution in [0.25, 0.3) is 16.9 Å². The molecule has 0 spiro atoms. The molecule has 3 N–H and O–H groups in total. The summed E-state index contributed by atoms with van der Waals surface area (Å²) in [4.78, 5) is 38.9. The van der Waals surface area contributed by atoms with Crippen LogP contribution in [0.4, 0.5) is 20.3 Å². The molecule has 0 aliphatic carbocycles. The molecule has 2 saturated heterocycles. The zero-order valence-electron chi connectivity index (χ0n) is 25.1. The first-order chi connectivity index (χ1) is 21.8. The molecule has 13 heteroatoms. The van der Waals surface area contributed by atoms with Crippen LogP contribution in [0, 0.1) is 17.6 Å².